The molecule has 0 unspecified atom stereocenters. The lowest BCUT2D eigenvalue weighted by molar-refractivity contribution is 0.0473. The highest BCUT2D eigenvalue weighted by Crippen LogP contribution is 2.58. The number of rotatable bonds is 9. The Balaban J connectivity index is 1.47. The van der Waals surface area contributed by atoms with Crippen molar-refractivity contribution in [2.24, 2.45) is 20.7 Å². The molecule has 222 valence electrons. The first-order chi connectivity index (χ1) is 22.7. The van der Waals surface area contributed by atoms with Crippen molar-refractivity contribution < 1.29 is 9.53 Å². The van der Waals surface area contributed by atoms with E-state index in [-0.39, 0.29) is 6.61 Å². The van der Waals surface area contributed by atoms with Crippen LogP contribution < -0.4 is 0 Å². The van der Waals surface area contributed by atoms with E-state index in [1.165, 1.54) is 0 Å². The van der Waals surface area contributed by atoms with Gasteiger partial charge in [0.2, 0.25) is 5.66 Å². The number of esters is 1. The van der Waals surface area contributed by atoms with Crippen molar-refractivity contribution in [3.05, 3.63) is 203 Å². The van der Waals surface area contributed by atoms with Crippen LogP contribution in [-0.2, 0) is 22.4 Å². The molecule has 0 spiro atoms. The summed E-state index contributed by atoms with van der Waals surface area (Å²) in [7, 11) is 0. The third-order valence-corrected chi connectivity index (χ3v) is 8.51. The second kappa shape index (κ2) is 12.5. The molecule has 6 aromatic rings. The maximum atomic E-state index is 13.7. The standard InChI is InChI=1S/C40H30N4O2/c45-38(46-29-30-17-5-1-6-18-30)36-27-14-13-25-34(36)35-26-15-16-28-37(35)40(41-43-44-42-40)39(31-19-7-2-8-20-31,32-21-9-3-10-22-32)33-23-11-4-12-24-33/h1-28H,29H2. The molecule has 6 heteroatoms. The maximum absolute atomic E-state index is 13.7. The summed E-state index contributed by atoms with van der Waals surface area (Å²) in [6.45, 7) is 0.168. The molecule has 1 heterocycles. The van der Waals surface area contributed by atoms with Gasteiger partial charge in [-0.1, -0.05) is 164 Å². The molecule has 0 N–H and O–H groups in total. The molecule has 0 radical (unpaired) electrons. The predicted molar refractivity (Wildman–Crippen MR) is 178 cm³/mol. The summed E-state index contributed by atoms with van der Waals surface area (Å²) in [6.07, 6.45) is 0. The molecule has 0 aliphatic carbocycles. The molecular formula is C40H30N4O2. The molecule has 7 rings (SSSR count). The smallest absolute Gasteiger partial charge is 0.339 e. The fraction of sp³-hybridized carbons (Fsp3) is 0.0750. The monoisotopic (exact) mass is 598 g/mol. The van der Waals surface area contributed by atoms with Crippen molar-refractivity contribution in [3.63, 3.8) is 0 Å². The number of hydrogen-bond donors (Lipinski definition) is 0. The van der Waals surface area contributed by atoms with E-state index in [1.807, 2.05) is 127 Å². The van der Waals surface area contributed by atoms with E-state index in [0.29, 0.717) is 11.1 Å². The average molecular weight is 599 g/mol. The normalized spacial score (nSPS) is 13.4. The number of hydrogen-bond acceptors (Lipinski definition) is 6. The molecular weight excluding hydrogens is 568 g/mol. The summed E-state index contributed by atoms with van der Waals surface area (Å²) in [5.74, 6) is -0.418. The lowest BCUT2D eigenvalue weighted by atomic mass is 9.59. The Hall–Kier alpha value is -6.01. The molecule has 6 nitrogen and oxygen atoms in total. The van der Waals surface area contributed by atoms with Crippen LogP contribution in [0.5, 0.6) is 0 Å². The number of ether oxygens (including phenoxy) is 1. The van der Waals surface area contributed by atoms with Crippen molar-refractivity contribution >= 4 is 5.97 Å². The minimum absolute atomic E-state index is 0.168. The van der Waals surface area contributed by atoms with Crippen LogP contribution in [0.1, 0.15) is 38.2 Å². The van der Waals surface area contributed by atoms with Gasteiger partial charge in [0.25, 0.3) is 0 Å². The molecule has 46 heavy (non-hydrogen) atoms. The van der Waals surface area contributed by atoms with E-state index in [1.54, 1.807) is 6.07 Å². The molecule has 0 saturated carbocycles. The van der Waals surface area contributed by atoms with Crippen LogP contribution in [0.3, 0.4) is 0 Å². The van der Waals surface area contributed by atoms with Gasteiger partial charge in [0.05, 0.1) is 11.0 Å². The third kappa shape index (κ3) is 4.90. The Kier molecular flexibility index (Phi) is 7.84. The van der Waals surface area contributed by atoms with E-state index < -0.39 is 17.0 Å². The first-order valence-corrected chi connectivity index (χ1v) is 15.1. The van der Waals surface area contributed by atoms with Gasteiger partial charge in [0.15, 0.2) is 0 Å². The molecule has 0 saturated heterocycles. The molecule has 1 aliphatic rings. The van der Waals surface area contributed by atoms with Gasteiger partial charge < -0.3 is 4.74 Å². The van der Waals surface area contributed by atoms with E-state index in [0.717, 1.165) is 33.4 Å². The Morgan fingerprint density at radius 2 is 0.957 bits per heavy atom. The zero-order valence-electron chi connectivity index (χ0n) is 25.0. The molecule has 1 aliphatic heterocycles. The fourth-order valence-electron chi connectivity index (χ4n) is 6.54. The largest absolute Gasteiger partial charge is 0.457 e. The zero-order valence-corrected chi connectivity index (χ0v) is 25.0. The van der Waals surface area contributed by atoms with Crippen molar-refractivity contribution in [3.8, 4) is 11.1 Å². The highest BCUT2D eigenvalue weighted by Gasteiger charge is 2.60. The van der Waals surface area contributed by atoms with Gasteiger partial charge in [-0.25, -0.2) is 4.79 Å². The lowest BCUT2D eigenvalue weighted by Gasteiger charge is -2.45. The summed E-state index contributed by atoms with van der Waals surface area (Å²) < 4.78 is 5.82. The van der Waals surface area contributed by atoms with Gasteiger partial charge in [0.1, 0.15) is 6.61 Å². The van der Waals surface area contributed by atoms with Gasteiger partial charge in [-0.2, -0.15) is 0 Å². The highest BCUT2D eigenvalue weighted by atomic mass is 16.5. The second-order valence-corrected chi connectivity index (χ2v) is 11.1. The van der Waals surface area contributed by atoms with Gasteiger partial charge in [-0.15, -0.1) is 10.2 Å². The third-order valence-electron chi connectivity index (χ3n) is 8.51. The summed E-state index contributed by atoms with van der Waals surface area (Å²) >= 11 is 0. The molecule has 0 aromatic heterocycles. The Morgan fingerprint density at radius 1 is 0.522 bits per heavy atom. The number of nitrogens with zero attached hydrogens (tertiary/aromatic N) is 4. The number of carbonyl (C=O) groups excluding carboxylic acids is 1. The SMILES string of the molecule is O=C(OCc1ccccc1)c1ccccc1-c1ccccc1C1(C(c2ccccc2)(c2ccccc2)c2ccccc2)N=NN=N1. The second-order valence-electron chi connectivity index (χ2n) is 11.1. The summed E-state index contributed by atoms with van der Waals surface area (Å²) in [4.78, 5) is 13.7. The van der Waals surface area contributed by atoms with Crippen molar-refractivity contribution in [1.82, 2.24) is 0 Å². The number of carbonyl (C=O) groups is 1. The molecule has 0 amide bonds. The molecule has 0 fully saturated rings. The Labute approximate surface area is 267 Å². The quantitative estimate of drug-likeness (QED) is 0.123. The lowest BCUT2D eigenvalue weighted by Crippen LogP contribution is -2.48. The van der Waals surface area contributed by atoms with Crippen LogP contribution in [0, 0.1) is 0 Å². The first kappa shape index (κ1) is 28.7. The molecule has 0 atom stereocenters. The Bertz CT molecular complexity index is 1900. The van der Waals surface area contributed by atoms with Crippen LogP contribution in [0.25, 0.3) is 11.1 Å². The predicted octanol–water partition coefficient (Wildman–Crippen LogP) is 9.73. The van der Waals surface area contributed by atoms with Crippen molar-refractivity contribution in [2.75, 3.05) is 0 Å². The molecule has 6 aromatic carbocycles. The van der Waals surface area contributed by atoms with E-state index in [2.05, 4.69) is 46.8 Å². The van der Waals surface area contributed by atoms with Crippen molar-refractivity contribution in [1.29, 1.82) is 0 Å². The average Bonchev–Trinajstić information content (AvgIpc) is 3.64. The van der Waals surface area contributed by atoms with Gasteiger partial charge >= 0.3 is 5.97 Å². The topological polar surface area (TPSA) is 75.7 Å². The van der Waals surface area contributed by atoms with Crippen LogP contribution in [0.4, 0.5) is 0 Å². The number of benzene rings is 6. The van der Waals surface area contributed by atoms with Gasteiger partial charge in [0, 0.05) is 5.56 Å². The van der Waals surface area contributed by atoms with E-state index in [4.69, 9.17) is 15.0 Å². The molecule has 0 bridgehead atoms. The van der Waals surface area contributed by atoms with Crippen LogP contribution in [0.2, 0.25) is 0 Å². The Morgan fingerprint density at radius 3 is 1.50 bits per heavy atom. The summed E-state index contributed by atoms with van der Waals surface area (Å²) in [6, 6.07) is 55.8. The van der Waals surface area contributed by atoms with Gasteiger partial charge in [-0.05, 0) is 49.9 Å². The van der Waals surface area contributed by atoms with Crippen LogP contribution in [-0.4, -0.2) is 5.97 Å². The summed E-state index contributed by atoms with van der Waals surface area (Å²) in [5.41, 5.74) is 4.12. The summed E-state index contributed by atoms with van der Waals surface area (Å²) in [5, 5.41) is 18.3. The van der Waals surface area contributed by atoms with E-state index >= 15 is 0 Å². The minimum atomic E-state index is -1.38. The zero-order chi connectivity index (χ0) is 31.2. The first-order valence-electron chi connectivity index (χ1n) is 15.1. The van der Waals surface area contributed by atoms with Crippen molar-refractivity contribution in [2.45, 2.75) is 17.7 Å². The van der Waals surface area contributed by atoms with Gasteiger partial charge in [-0.3, -0.25) is 0 Å². The van der Waals surface area contributed by atoms with Crippen LogP contribution in [0.15, 0.2) is 191 Å². The fourth-order valence-corrected chi connectivity index (χ4v) is 6.54. The van der Waals surface area contributed by atoms with Crippen LogP contribution >= 0.6 is 0 Å². The minimum Gasteiger partial charge on any atom is -0.457 e. The van der Waals surface area contributed by atoms with E-state index in [9.17, 15) is 4.79 Å². The maximum Gasteiger partial charge on any atom is 0.339 e. The highest BCUT2D eigenvalue weighted by molar-refractivity contribution is 5.98.